The lowest BCUT2D eigenvalue weighted by Crippen LogP contribution is -2.12. The Labute approximate surface area is 337 Å². The second kappa shape index (κ2) is 13.0. The molecule has 0 fully saturated rings. The maximum absolute atomic E-state index is 6.39. The number of hydrogen-bond donors (Lipinski definition) is 0. The minimum absolute atomic E-state index is 0.0146. The van der Waals surface area contributed by atoms with E-state index in [-0.39, 0.29) is 5.41 Å². The van der Waals surface area contributed by atoms with Crippen LogP contribution in [0.1, 0.15) is 31.9 Å². The molecule has 280 valence electrons. The highest BCUT2D eigenvalue weighted by atomic mass is 16.5. The van der Waals surface area contributed by atoms with Gasteiger partial charge in [0.15, 0.2) is 0 Å². The molecule has 0 aliphatic rings. The summed E-state index contributed by atoms with van der Waals surface area (Å²) in [6, 6.07) is 59.5. The summed E-state index contributed by atoms with van der Waals surface area (Å²) in [6.07, 6.45) is 1.93. The molecule has 0 atom stereocenters. The lowest BCUT2D eigenvalue weighted by molar-refractivity contribution is 0.414. The van der Waals surface area contributed by atoms with Gasteiger partial charge in [0.2, 0.25) is 0 Å². The Bertz CT molecular complexity index is 3390. The second-order valence-corrected chi connectivity index (χ2v) is 16.4. The summed E-state index contributed by atoms with van der Waals surface area (Å²) in [5.41, 5.74) is 12.8. The van der Waals surface area contributed by atoms with E-state index < -0.39 is 0 Å². The Kier molecular flexibility index (Phi) is 7.64. The summed E-state index contributed by atoms with van der Waals surface area (Å²) in [6.45, 7) is 7.55. The predicted octanol–water partition coefficient (Wildman–Crippen LogP) is 13.4. The molecule has 0 aliphatic heterocycles. The molecule has 5 heteroatoms. The van der Waals surface area contributed by atoms with Crippen LogP contribution >= 0.6 is 0 Å². The van der Waals surface area contributed by atoms with Crippen molar-refractivity contribution in [3.63, 3.8) is 0 Å². The summed E-state index contributed by atoms with van der Waals surface area (Å²) in [4.78, 5) is 4.93. The number of aromatic nitrogens is 4. The van der Waals surface area contributed by atoms with Crippen molar-refractivity contribution in [2.75, 3.05) is 7.11 Å². The molecule has 7 aromatic carbocycles. The van der Waals surface area contributed by atoms with Crippen LogP contribution in [0.5, 0.6) is 5.75 Å². The van der Waals surface area contributed by atoms with E-state index in [0.29, 0.717) is 0 Å². The molecule has 0 bridgehead atoms. The second-order valence-electron chi connectivity index (χ2n) is 16.4. The van der Waals surface area contributed by atoms with Gasteiger partial charge in [-0.05, 0) is 70.6 Å². The molecule has 11 rings (SSSR count). The smallest absolute Gasteiger partial charge is 0.145 e. The van der Waals surface area contributed by atoms with Gasteiger partial charge in [0.1, 0.15) is 11.6 Å². The zero-order valence-electron chi connectivity index (χ0n) is 33.1. The zero-order chi connectivity index (χ0) is 39.1. The predicted molar refractivity (Wildman–Crippen MR) is 242 cm³/mol. The molecule has 0 aliphatic carbocycles. The number of rotatable bonds is 6. The van der Waals surface area contributed by atoms with Crippen LogP contribution in [0.15, 0.2) is 170 Å². The quantitative estimate of drug-likeness (QED) is 0.170. The van der Waals surface area contributed by atoms with Crippen LogP contribution in [0.2, 0.25) is 0 Å². The SMILES string of the molecule is COc1cc2c(cc1-n1c3ccccc3c3cccc(-c4ccc5c(c4)c4ccccc4n5Cc4ccccc4)c31)c1ccccc1n2-c1cc(C(C)(C)C)ccn1. The van der Waals surface area contributed by atoms with Crippen LogP contribution in [0.3, 0.4) is 0 Å². The zero-order valence-corrected chi connectivity index (χ0v) is 33.1. The first-order valence-electron chi connectivity index (χ1n) is 20.0. The Morgan fingerprint density at radius 2 is 1.14 bits per heavy atom. The summed E-state index contributed by atoms with van der Waals surface area (Å²) in [5.74, 6) is 1.69. The first-order chi connectivity index (χ1) is 28.4. The van der Waals surface area contributed by atoms with Crippen LogP contribution in [0, 0.1) is 0 Å². The van der Waals surface area contributed by atoms with E-state index >= 15 is 0 Å². The number of methoxy groups -OCH3 is 1. The number of pyridine rings is 1. The van der Waals surface area contributed by atoms with Gasteiger partial charge in [0.25, 0.3) is 0 Å². The molecule has 0 saturated carbocycles. The van der Waals surface area contributed by atoms with Gasteiger partial charge in [-0.25, -0.2) is 4.98 Å². The fourth-order valence-electron chi connectivity index (χ4n) is 9.24. The molecule has 0 saturated heterocycles. The van der Waals surface area contributed by atoms with Crippen LogP contribution in [0.25, 0.3) is 88.0 Å². The van der Waals surface area contributed by atoms with Gasteiger partial charge in [-0.1, -0.05) is 130 Å². The number of nitrogens with zero attached hydrogens (tertiary/aromatic N) is 4. The molecule has 4 aromatic heterocycles. The van der Waals surface area contributed by atoms with E-state index in [2.05, 4.69) is 198 Å². The van der Waals surface area contributed by atoms with E-state index in [9.17, 15) is 0 Å². The van der Waals surface area contributed by atoms with E-state index in [1.54, 1.807) is 7.11 Å². The fraction of sp³-hybridized carbons (Fsp3) is 0.113. The van der Waals surface area contributed by atoms with Crippen molar-refractivity contribution < 1.29 is 4.74 Å². The van der Waals surface area contributed by atoms with Crippen LogP contribution in [-0.2, 0) is 12.0 Å². The number of para-hydroxylation sites is 4. The number of ether oxygens (including phenoxy) is 1. The molecule has 11 aromatic rings. The fourth-order valence-corrected chi connectivity index (χ4v) is 9.24. The third-order valence-electron chi connectivity index (χ3n) is 12.0. The van der Waals surface area contributed by atoms with Crippen LogP contribution < -0.4 is 4.74 Å². The Morgan fingerprint density at radius 1 is 0.517 bits per heavy atom. The van der Waals surface area contributed by atoms with Gasteiger partial charge in [0, 0.05) is 67.7 Å². The highest BCUT2D eigenvalue weighted by molar-refractivity contribution is 6.16. The average molecular weight is 751 g/mol. The Morgan fingerprint density at radius 3 is 1.88 bits per heavy atom. The van der Waals surface area contributed by atoms with Gasteiger partial charge < -0.3 is 13.9 Å². The molecule has 0 radical (unpaired) electrons. The molecular weight excluding hydrogens is 709 g/mol. The van der Waals surface area contributed by atoms with E-state index in [4.69, 9.17) is 9.72 Å². The minimum Gasteiger partial charge on any atom is -0.494 e. The van der Waals surface area contributed by atoms with E-state index in [1.165, 1.54) is 60.2 Å². The highest BCUT2D eigenvalue weighted by Gasteiger charge is 2.23. The summed E-state index contributed by atoms with van der Waals surface area (Å²) in [7, 11) is 1.78. The number of fused-ring (bicyclic) bond motifs is 9. The lowest BCUT2D eigenvalue weighted by Gasteiger charge is -2.20. The Hall–Kier alpha value is -7.11. The highest BCUT2D eigenvalue weighted by Crippen LogP contribution is 2.44. The number of hydrogen-bond acceptors (Lipinski definition) is 2. The molecule has 0 amide bonds. The van der Waals surface area contributed by atoms with Gasteiger partial charge in [-0.3, -0.25) is 4.57 Å². The maximum atomic E-state index is 6.39. The number of benzene rings is 7. The van der Waals surface area contributed by atoms with Gasteiger partial charge in [-0.15, -0.1) is 0 Å². The molecule has 0 spiro atoms. The van der Waals surface area contributed by atoms with Crippen molar-refractivity contribution in [3.05, 3.63) is 181 Å². The van der Waals surface area contributed by atoms with E-state index in [0.717, 1.165) is 51.3 Å². The van der Waals surface area contributed by atoms with Gasteiger partial charge in [-0.2, -0.15) is 0 Å². The Balaban J connectivity index is 1.17. The molecule has 0 N–H and O–H groups in total. The van der Waals surface area contributed by atoms with Crippen molar-refractivity contribution in [2.45, 2.75) is 32.7 Å². The van der Waals surface area contributed by atoms with Gasteiger partial charge >= 0.3 is 0 Å². The third kappa shape index (κ3) is 5.20. The first-order valence-corrected chi connectivity index (χ1v) is 20.0. The van der Waals surface area contributed by atoms with E-state index in [1.807, 2.05) is 6.20 Å². The van der Waals surface area contributed by atoms with Gasteiger partial charge in [0.05, 0.1) is 34.9 Å². The standard InChI is InChI=1S/C53H42N4O/c1-53(2,3)36-27-28-54-51(30-36)56-46-23-12-10-19-40(46)43-31-49(50(58-4)32-48(43)56)57-47-24-13-9-17-38(47)41-21-14-20-37(52(41)57)35-25-26-45-42(29-35)39-18-8-11-22-44(39)55(45)33-34-15-6-5-7-16-34/h5-32H,33H2,1-4H3. The third-order valence-corrected chi connectivity index (χ3v) is 12.0. The molecule has 58 heavy (non-hydrogen) atoms. The van der Waals surface area contributed by atoms with Crippen molar-refractivity contribution in [1.82, 2.24) is 18.7 Å². The largest absolute Gasteiger partial charge is 0.494 e. The lowest BCUT2D eigenvalue weighted by atomic mass is 9.88. The van der Waals surface area contributed by atoms with Crippen molar-refractivity contribution in [2.24, 2.45) is 0 Å². The molecule has 5 nitrogen and oxygen atoms in total. The summed E-state index contributed by atoms with van der Waals surface area (Å²) in [5, 5.41) is 7.22. The topological polar surface area (TPSA) is 36.9 Å². The monoisotopic (exact) mass is 750 g/mol. The molecule has 4 heterocycles. The first kappa shape index (κ1) is 34.2. The van der Waals surface area contributed by atoms with Crippen molar-refractivity contribution in [3.8, 4) is 28.4 Å². The molecular formula is C53H42N4O. The summed E-state index contributed by atoms with van der Waals surface area (Å²) >= 11 is 0. The average Bonchev–Trinajstić information content (AvgIpc) is 3.88. The van der Waals surface area contributed by atoms with Crippen molar-refractivity contribution >= 4 is 65.4 Å². The van der Waals surface area contributed by atoms with Crippen molar-refractivity contribution in [1.29, 1.82) is 0 Å². The summed E-state index contributed by atoms with van der Waals surface area (Å²) < 4.78 is 13.5. The molecule has 0 unspecified atom stereocenters. The normalized spacial score (nSPS) is 12.2. The minimum atomic E-state index is -0.0146. The maximum Gasteiger partial charge on any atom is 0.145 e. The van der Waals surface area contributed by atoms with Crippen LogP contribution in [0.4, 0.5) is 0 Å². The van der Waals surface area contributed by atoms with Crippen LogP contribution in [-0.4, -0.2) is 25.8 Å².